The monoisotopic (exact) mass is 284 g/mol. The molecule has 0 saturated carbocycles. The number of carboxylic acid groups (broad SMARTS) is 1. The summed E-state index contributed by atoms with van der Waals surface area (Å²) in [6.45, 7) is 4.82. The third kappa shape index (κ3) is 4.47. The Kier molecular flexibility index (Phi) is 4.76. The number of hydrogen-bond acceptors (Lipinski definition) is 5. The van der Waals surface area contributed by atoms with Gasteiger partial charge in [0.25, 0.3) is 0 Å². The van der Waals surface area contributed by atoms with E-state index >= 15 is 0 Å². The minimum absolute atomic E-state index is 0.137. The summed E-state index contributed by atoms with van der Waals surface area (Å²) in [5.74, 6) is -0.780. The van der Waals surface area contributed by atoms with Gasteiger partial charge in [0, 0.05) is 31.6 Å². The van der Waals surface area contributed by atoms with Crippen LogP contribution in [0.5, 0.6) is 0 Å². The van der Waals surface area contributed by atoms with Crippen molar-refractivity contribution in [2.75, 3.05) is 25.1 Å². The molecule has 5 nitrogen and oxygen atoms in total. The highest BCUT2D eigenvalue weighted by Crippen LogP contribution is 2.30. The topological polar surface area (TPSA) is 71.5 Å². The Bertz CT molecular complexity index is 427. The number of aliphatic carboxylic acids is 1. The second kappa shape index (κ2) is 6.34. The number of nitrogens with zero attached hydrogens (tertiary/aromatic N) is 1. The second-order valence-electron chi connectivity index (χ2n) is 5.31. The molecule has 1 aliphatic heterocycles. The zero-order chi connectivity index (χ0) is 13.7. The van der Waals surface area contributed by atoms with E-state index in [2.05, 4.69) is 17.2 Å². The van der Waals surface area contributed by atoms with Crippen molar-refractivity contribution in [1.29, 1.82) is 0 Å². The number of rotatable bonds is 6. The van der Waals surface area contributed by atoms with Crippen molar-refractivity contribution in [3.05, 3.63) is 11.1 Å². The number of nitrogens with one attached hydrogen (secondary N) is 1. The van der Waals surface area contributed by atoms with E-state index in [1.807, 2.05) is 5.38 Å². The number of hydrogen-bond donors (Lipinski definition) is 2. The molecule has 1 aromatic heterocycles. The first-order valence-electron chi connectivity index (χ1n) is 6.55. The van der Waals surface area contributed by atoms with Crippen LogP contribution in [0.2, 0.25) is 0 Å². The first-order chi connectivity index (χ1) is 9.07. The zero-order valence-electron chi connectivity index (χ0n) is 11.1. The molecular formula is C13H20N2O3S. The Morgan fingerprint density at radius 1 is 1.58 bits per heavy atom. The Morgan fingerprint density at radius 2 is 2.32 bits per heavy atom. The number of carboxylic acids is 1. The zero-order valence-corrected chi connectivity index (χ0v) is 12.0. The average Bonchev–Trinajstić information content (AvgIpc) is 2.83. The molecule has 106 valence electrons. The molecule has 1 aromatic rings. The summed E-state index contributed by atoms with van der Waals surface area (Å²) in [6.07, 6.45) is 2.77. The molecule has 0 bridgehead atoms. The van der Waals surface area contributed by atoms with E-state index in [9.17, 15) is 4.79 Å². The maximum atomic E-state index is 10.5. The molecule has 0 amide bonds. The van der Waals surface area contributed by atoms with Crippen LogP contribution in [0.25, 0.3) is 0 Å². The summed E-state index contributed by atoms with van der Waals surface area (Å²) in [5, 5.41) is 14.8. The molecule has 0 atom stereocenters. The Hall–Kier alpha value is -1.14. The fourth-order valence-corrected chi connectivity index (χ4v) is 2.81. The van der Waals surface area contributed by atoms with Gasteiger partial charge in [-0.05, 0) is 18.3 Å². The fourth-order valence-electron chi connectivity index (χ4n) is 2.07. The van der Waals surface area contributed by atoms with Crippen molar-refractivity contribution >= 4 is 22.4 Å². The molecule has 0 radical (unpaired) electrons. The van der Waals surface area contributed by atoms with Crippen LogP contribution in [0.1, 0.15) is 31.9 Å². The summed E-state index contributed by atoms with van der Waals surface area (Å²) in [6, 6.07) is 0. The van der Waals surface area contributed by atoms with E-state index in [4.69, 9.17) is 9.84 Å². The van der Waals surface area contributed by atoms with Gasteiger partial charge in [0.1, 0.15) is 0 Å². The van der Waals surface area contributed by atoms with E-state index in [0.29, 0.717) is 6.42 Å². The van der Waals surface area contributed by atoms with Gasteiger partial charge in [0.2, 0.25) is 0 Å². The first-order valence-corrected chi connectivity index (χ1v) is 7.43. The molecule has 1 aliphatic rings. The van der Waals surface area contributed by atoms with E-state index in [-0.39, 0.29) is 11.8 Å². The van der Waals surface area contributed by atoms with E-state index in [1.54, 1.807) is 11.3 Å². The number of thiazole rings is 1. The smallest absolute Gasteiger partial charge is 0.303 e. The van der Waals surface area contributed by atoms with E-state index < -0.39 is 5.97 Å². The maximum Gasteiger partial charge on any atom is 0.303 e. The first kappa shape index (κ1) is 14.3. The summed E-state index contributed by atoms with van der Waals surface area (Å²) in [7, 11) is 0. The lowest BCUT2D eigenvalue weighted by molar-refractivity contribution is -0.136. The molecule has 0 aromatic carbocycles. The Balaban J connectivity index is 1.81. The number of aromatic nitrogens is 1. The Morgan fingerprint density at radius 3 is 3.00 bits per heavy atom. The summed E-state index contributed by atoms with van der Waals surface area (Å²) in [5.41, 5.74) is 1.12. The molecule has 0 unspecified atom stereocenters. The molecule has 1 saturated heterocycles. The highest BCUT2D eigenvalue weighted by atomic mass is 32.1. The normalized spacial score (nSPS) is 18.2. The number of aryl methyl sites for hydroxylation is 1. The van der Waals surface area contributed by atoms with Gasteiger partial charge in [0.05, 0.1) is 12.1 Å². The molecule has 2 heterocycles. The number of carbonyl (C=O) groups is 1. The minimum atomic E-state index is -0.780. The van der Waals surface area contributed by atoms with Crippen LogP contribution in [-0.4, -0.2) is 35.8 Å². The second-order valence-corrected chi connectivity index (χ2v) is 6.17. The maximum absolute atomic E-state index is 10.5. The van der Waals surface area contributed by atoms with Gasteiger partial charge in [-0.1, -0.05) is 6.92 Å². The van der Waals surface area contributed by atoms with Crippen molar-refractivity contribution in [3.8, 4) is 0 Å². The standard InChI is InChI=1S/C13H20N2O3S/c1-13(4-6-18-7-5-13)9-14-12-15-10(8-19-12)2-3-11(16)17/h8H,2-7,9H2,1H3,(H,14,15)(H,16,17). The molecule has 1 fully saturated rings. The SMILES string of the molecule is CC1(CNc2nc(CCC(=O)O)cs2)CCOCC1. The van der Waals surface area contributed by atoms with Gasteiger partial charge in [-0.15, -0.1) is 11.3 Å². The Labute approximate surface area is 117 Å². The lowest BCUT2D eigenvalue weighted by Crippen LogP contribution is -2.33. The van der Waals surface area contributed by atoms with Crippen LogP contribution in [0.15, 0.2) is 5.38 Å². The van der Waals surface area contributed by atoms with Crippen molar-refractivity contribution in [1.82, 2.24) is 4.98 Å². The van der Waals surface area contributed by atoms with Crippen LogP contribution >= 0.6 is 11.3 Å². The van der Waals surface area contributed by atoms with Crippen LogP contribution in [0.3, 0.4) is 0 Å². The molecule has 2 N–H and O–H groups in total. The summed E-state index contributed by atoms with van der Waals surface area (Å²) >= 11 is 1.54. The van der Waals surface area contributed by atoms with Crippen molar-refractivity contribution in [3.63, 3.8) is 0 Å². The third-order valence-electron chi connectivity index (χ3n) is 3.51. The van der Waals surface area contributed by atoms with Gasteiger partial charge in [0.15, 0.2) is 5.13 Å². The molecule has 6 heteroatoms. The fraction of sp³-hybridized carbons (Fsp3) is 0.692. The third-order valence-corrected chi connectivity index (χ3v) is 4.36. The van der Waals surface area contributed by atoms with Gasteiger partial charge >= 0.3 is 5.97 Å². The quantitative estimate of drug-likeness (QED) is 0.839. The van der Waals surface area contributed by atoms with Gasteiger partial charge in [-0.2, -0.15) is 0 Å². The minimum Gasteiger partial charge on any atom is -0.481 e. The molecule has 0 aliphatic carbocycles. The van der Waals surface area contributed by atoms with Gasteiger partial charge in [-0.25, -0.2) is 4.98 Å². The lowest BCUT2D eigenvalue weighted by Gasteiger charge is -2.33. The van der Waals surface area contributed by atoms with Crippen molar-refractivity contribution < 1.29 is 14.6 Å². The molecule has 0 spiro atoms. The lowest BCUT2D eigenvalue weighted by atomic mass is 9.82. The number of anilines is 1. The largest absolute Gasteiger partial charge is 0.481 e. The van der Waals surface area contributed by atoms with Gasteiger partial charge in [-0.3, -0.25) is 4.79 Å². The van der Waals surface area contributed by atoms with Crippen molar-refractivity contribution in [2.45, 2.75) is 32.6 Å². The van der Waals surface area contributed by atoms with E-state index in [0.717, 1.165) is 43.4 Å². The predicted octanol–water partition coefficient (Wildman–Crippen LogP) is 2.39. The van der Waals surface area contributed by atoms with Crippen LogP contribution in [-0.2, 0) is 16.0 Å². The van der Waals surface area contributed by atoms with Crippen LogP contribution in [0, 0.1) is 5.41 Å². The number of ether oxygens (including phenoxy) is 1. The van der Waals surface area contributed by atoms with Crippen molar-refractivity contribution in [2.24, 2.45) is 5.41 Å². The average molecular weight is 284 g/mol. The highest BCUT2D eigenvalue weighted by Gasteiger charge is 2.27. The highest BCUT2D eigenvalue weighted by molar-refractivity contribution is 7.13. The summed E-state index contributed by atoms with van der Waals surface area (Å²) in [4.78, 5) is 14.9. The molecular weight excluding hydrogens is 264 g/mol. The van der Waals surface area contributed by atoms with Crippen LogP contribution in [0.4, 0.5) is 5.13 Å². The molecule has 19 heavy (non-hydrogen) atoms. The predicted molar refractivity (Wildman–Crippen MR) is 74.7 cm³/mol. The van der Waals surface area contributed by atoms with E-state index in [1.165, 1.54) is 0 Å². The molecule has 2 rings (SSSR count). The van der Waals surface area contributed by atoms with Gasteiger partial charge < -0.3 is 15.2 Å². The van der Waals surface area contributed by atoms with Crippen LogP contribution < -0.4 is 5.32 Å². The summed E-state index contributed by atoms with van der Waals surface area (Å²) < 4.78 is 5.38.